The van der Waals surface area contributed by atoms with Crippen LogP contribution in [0.25, 0.3) is 0 Å². The van der Waals surface area contributed by atoms with Gasteiger partial charge in [0.2, 0.25) is 0 Å². The van der Waals surface area contributed by atoms with Crippen LogP contribution in [0.2, 0.25) is 0 Å². The fraction of sp³-hybridized carbons (Fsp3) is 0.545. The van der Waals surface area contributed by atoms with E-state index < -0.39 is 60.1 Å². The predicted molar refractivity (Wildman–Crippen MR) is 92.3 cm³/mol. The molecule has 0 aromatic rings. The van der Waals surface area contributed by atoms with Gasteiger partial charge in [0.05, 0.1) is 6.61 Å². The van der Waals surface area contributed by atoms with E-state index in [-0.39, 0.29) is 5.82 Å². The van der Waals surface area contributed by atoms with E-state index in [0.29, 0.717) is 0 Å². The van der Waals surface area contributed by atoms with Crippen molar-refractivity contribution < 1.29 is 65.4 Å². The molecule has 2 aliphatic heterocycles. The molecule has 2 aliphatic rings. The van der Waals surface area contributed by atoms with Crippen LogP contribution in [-0.4, -0.2) is 66.2 Å². The molecule has 2 rings (SSSR count). The lowest BCUT2D eigenvalue weighted by atomic mass is 9.98. The Morgan fingerprint density at radius 1 is 1.27 bits per heavy atom. The highest BCUT2D eigenvalue weighted by Gasteiger charge is 2.57. The first-order chi connectivity index (χ1) is 13.4. The van der Waals surface area contributed by atoms with E-state index in [1.807, 2.05) is 0 Å². The van der Waals surface area contributed by atoms with Gasteiger partial charge in [0, 0.05) is 12.3 Å². The van der Waals surface area contributed by atoms with Gasteiger partial charge in [-0.25, -0.2) is 18.1 Å². The number of nitrogens with one attached hydrogen (secondary N) is 1. The molecule has 2 heterocycles. The van der Waals surface area contributed by atoms with Crippen molar-refractivity contribution in [2.45, 2.75) is 31.0 Å². The van der Waals surface area contributed by atoms with Crippen LogP contribution in [0.3, 0.4) is 0 Å². The van der Waals surface area contributed by atoms with Crippen LogP contribution < -0.4 is 5.32 Å². The van der Waals surface area contributed by atoms with Crippen molar-refractivity contribution in [2.75, 3.05) is 6.61 Å². The summed E-state index contributed by atoms with van der Waals surface area (Å²) < 4.78 is 65.3. The van der Waals surface area contributed by atoms with Crippen molar-refractivity contribution in [3.8, 4) is 0 Å². The van der Waals surface area contributed by atoms with Crippen molar-refractivity contribution in [1.29, 1.82) is 0 Å². The summed E-state index contributed by atoms with van der Waals surface area (Å²) in [4.78, 5) is 47.8. The van der Waals surface area contributed by atoms with E-state index in [1.54, 1.807) is 0 Å². The molecule has 30 heavy (non-hydrogen) atoms. The van der Waals surface area contributed by atoms with Gasteiger partial charge in [-0.1, -0.05) is 6.58 Å². The van der Waals surface area contributed by atoms with Crippen molar-refractivity contribution in [3.05, 3.63) is 24.7 Å². The highest BCUT2D eigenvalue weighted by atomic mass is 31.3. The molecule has 0 aliphatic carbocycles. The summed E-state index contributed by atoms with van der Waals surface area (Å²) in [6.45, 7) is 3.38. The molecule has 0 bridgehead atoms. The summed E-state index contributed by atoms with van der Waals surface area (Å²) in [6.07, 6.45) is -2.98. The molecule has 0 saturated carbocycles. The molecular formula is C11H18FN2O13P3. The van der Waals surface area contributed by atoms with Crippen molar-refractivity contribution in [2.24, 2.45) is 0 Å². The summed E-state index contributed by atoms with van der Waals surface area (Å²) in [5.74, 6) is -0.628. The quantitative estimate of drug-likeness (QED) is 0.234. The minimum absolute atomic E-state index is 0.0860. The maximum atomic E-state index is 15.0. The van der Waals surface area contributed by atoms with E-state index in [1.165, 1.54) is 0 Å². The van der Waals surface area contributed by atoms with Gasteiger partial charge < -0.3 is 39.6 Å². The second kappa shape index (κ2) is 8.51. The van der Waals surface area contributed by atoms with Gasteiger partial charge >= 0.3 is 23.5 Å². The monoisotopic (exact) mass is 498 g/mol. The van der Waals surface area contributed by atoms with Crippen molar-refractivity contribution in [1.82, 2.24) is 10.2 Å². The zero-order chi connectivity index (χ0) is 23.1. The minimum Gasteiger partial charge on any atom is -0.387 e. The van der Waals surface area contributed by atoms with Crippen LogP contribution in [0.5, 0.6) is 0 Å². The lowest BCUT2D eigenvalue weighted by Gasteiger charge is -2.35. The molecule has 0 radical (unpaired) electrons. The molecule has 0 aromatic carbocycles. The number of hydrogen-bond donors (Lipinski definition) is 6. The van der Waals surface area contributed by atoms with Gasteiger partial charge in [0.1, 0.15) is 18.0 Å². The average molecular weight is 498 g/mol. The number of carbonyl (C=O) groups is 1. The van der Waals surface area contributed by atoms with Crippen molar-refractivity contribution in [3.63, 3.8) is 0 Å². The van der Waals surface area contributed by atoms with Crippen LogP contribution >= 0.6 is 23.5 Å². The lowest BCUT2D eigenvalue weighted by molar-refractivity contribution is -0.119. The standard InChI is InChI=1S/C11H18FN2O13P3/c1-6-13-8(15)3-4-14(6)10-11(2,12)9(16)7(25-10)5-24-29(20,21)27-30(22,23)26-28(17,18)19/h3-4,7,9-10,16H,1,5H2,2H3,(H,13,15)(H,20,21)(H,22,23)(H2,17,18,19)/t7-,9-,10-,11-/m1/s1. The fourth-order valence-corrected chi connectivity index (χ4v) is 5.56. The number of hydrogen-bond acceptors (Lipinski definition) is 10. The Kier molecular flexibility index (Phi) is 7.17. The molecule has 19 heteroatoms. The van der Waals surface area contributed by atoms with Gasteiger partial charge in [-0.2, -0.15) is 8.62 Å². The molecule has 172 valence electrons. The molecule has 0 spiro atoms. The Morgan fingerprint density at radius 3 is 2.40 bits per heavy atom. The average Bonchev–Trinajstić information content (AvgIpc) is 2.73. The second-order valence-electron chi connectivity index (χ2n) is 6.17. The number of ether oxygens (including phenoxy) is 1. The summed E-state index contributed by atoms with van der Waals surface area (Å²) in [5, 5.41) is 12.4. The van der Waals surface area contributed by atoms with E-state index >= 15 is 4.39 Å². The van der Waals surface area contributed by atoms with Gasteiger partial charge in [-0.15, -0.1) is 0 Å². The number of phosphoric ester groups is 1. The van der Waals surface area contributed by atoms with Gasteiger partial charge in [0.25, 0.3) is 5.91 Å². The summed E-state index contributed by atoms with van der Waals surface area (Å²) in [6, 6.07) is 0. The van der Waals surface area contributed by atoms with Crippen LogP contribution in [-0.2, 0) is 36.4 Å². The van der Waals surface area contributed by atoms with Gasteiger partial charge in [0.15, 0.2) is 11.9 Å². The third kappa shape index (κ3) is 6.26. The summed E-state index contributed by atoms with van der Waals surface area (Å²) >= 11 is 0. The first kappa shape index (κ1) is 25.3. The zero-order valence-corrected chi connectivity index (χ0v) is 17.7. The largest absolute Gasteiger partial charge is 0.490 e. The Balaban J connectivity index is 2.07. The summed E-state index contributed by atoms with van der Waals surface area (Å²) in [7, 11) is -16.8. The van der Waals surface area contributed by atoms with Gasteiger partial charge in [-0.3, -0.25) is 9.32 Å². The minimum atomic E-state index is -5.73. The Labute approximate surface area is 168 Å². The number of amides is 1. The van der Waals surface area contributed by atoms with Crippen LogP contribution in [0.1, 0.15) is 6.92 Å². The number of aliphatic hydroxyl groups excluding tert-OH is 1. The number of alkyl halides is 1. The maximum absolute atomic E-state index is 15.0. The first-order valence-corrected chi connectivity index (χ1v) is 12.2. The number of carbonyl (C=O) groups excluding carboxylic acids is 1. The molecule has 6 N–H and O–H groups in total. The normalized spacial score (nSPS) is 33.8. The molecule has 1 fully saturated rings. The van der Waals surface area contributed by atoms with Crippen LogP contribution in [0.15, 0.2) is 24.7 Å². The third-order valence-electron chi connectivity index (χ3n) is 3.75. The number of halogens is 1. The fourth-order valence-electron chi connectivity index (χ4n) is 2.53. The Morgan fingerprint density at radius 2 is 1.87 bits per heavy atom. The number of nitrogens with zero attached hydrogens (tertiary/aromatic N) is 1. The SMILES string of the molecule is C=C1NC(=O)C=CN1[C@@H]1O[C@H](COP(=O)(O)OP(=O)(O)OP(=O)(O)O)[C@@H](O)[C@@]1(C)F. The third-order valence-corrected chi connectivity index (χ3v) is 7.56. The summed E-state index contributed by atoms with van der Waals surface area (Å²) in [5.41, 5.74) is -2.51. The zero-order valence-electron chi connectivity index (χ0n) is 15.0. The van der Waals surface area contributed by atoms with E-state index in [4.69, 9.17) is 19.4 Å². The molecule has 2 unspecified atom stereocenters. The van der Waals surface area contributed by atoms with Gasteiger partial charge in [-0.05, 0) is 6.92 Å². The maximum Gasteiger partial charge on any atom is 0.490 e. The molecular weight excluding hydrogens is 480 g/mol. The first-order valence-electron chi connectivity index (χ1n) is 7.71. The number of phosphoric acid groups is 3. The molecule has 15 nitrogen and oxygen atoms in total. The van der Waals surface area contributed by atoms with E-state index in [9.17, 15) is 28.5 Å². The van der Waals surface area contributed by atoms with Crippen molar-refractivity contribution >= 4 is 29.4 Å². The lowest BCUT2D eigenvalue weighted by Crippen LogP contribution is -2.51. The smallest absolute Gasteiger partial charge is 0.387 e. The molecule has 6 atom stereocenters. The highest BCUT2D eigenvalue weighted by molar-refractivity contribution is 7.66. The Hall–Kier alpha value is -0.990. The molecule has 0 aromatic heterocycles. The molecule has 1 saturated heterocycles. The second-order valence-corrected chi connectivity index (χ2v) is 10.6. The van der Waals surface area contributed by atoms with E-state index in [2.05, 4.69) is 25.0 Å². The van der Waals surface area contributed by atoms with Crippen LogP contribution in [0.4, 0.5) is 4.39 Å². The number of rotatable bonds is 8. The van der Waals surface area contributed by atoms with Crippen LogP contribution in [0, 0.1) is 0 Å². The van der Waals surface area contributed by atoms with E-state index in [0.717, 1.165) is 24.1 Å². The Bertz CT molecular complexity index is 888. The predicted octanol–water partition coefficient (Wildman–Crippen LogP) is -0.440. The number of aliphatic hydroxyl groups is 1. The topological polar surface area (TPSA) is 222 Å². The highest BCUT2D eigenvalue weighted by Crippen LogP contribution is 2.66. The molecule has 1 amide bonds.